The maximum absolute atomic E-state index is 13.3. The molecule has 10 heteroatoms. The predicted molar refractivity (Wildman–Crippen MR) is 134 cm³/mol. The number of carbonyl (C=O) groups is 3. The number of likely N-dealkylation sites (N-methyl/N-ethyl adjacent to an activating group) is 1. The van der Waals surface area contributed by atoms with Crippen molar-refractivity contribution in [1.82, 2.24) is 15.4 Å². The number of carboxylic acids is 1. The molecule has 0 unspecified atom stereocenters. The van der Waals surface area contributed by atoms with E-state index in [2.05, 4.69) is 15.4 Å². The van der Waals surface area contributed by atoms with Gasteiger partial charge in [0.1, 0.15) is 12.1 Å². The first-order chi connectivity index (χ1) is 16.2. The van der Waals surface area contributed by atoms with Crippen molar-refractivity contribution in [3.63, 3.8) is 0 Å². The third-order valence-corrected chi connectivity index (χ3v) is 7.14. The first-order valence-corrected chi connectivity index (χ1v) is 12.9. The SMILES string of the molecule is CNC(=O)[C@@H](NC(=O)[C@H](CC(C)C)[C@H](NS(=O)(=O)c1ccc2ccccc2c1)C(=O)O)C(C)(C)C. The summed E-state index contributed by atoms with van der Waals surface area (Å²) in [4.78, 5) is 37.8. The molecule has 0 radical (unpaired) electrons. The molecule has 0 saturated heterocycles. The number of nitrogens with one attached hydrogen (secondary N) is 3. The summed E-state index contributed by atoms with van der Waals surface area (Å²) in [5.74, 6) is -4.00. The molecule has 192 valence electrons. The summed E-state index contributed by atoms with van der Waals surface area (Å²) < 4.78 is 28.6. The summed E-state index contributed by atoms with van der Waals surface area (Å²) >= 11 is 0. The fraction of sp³-hybridized carbons (Fsp3) is 0.480. The average Bonchev–Trinajstić information content (AvgIpc) is 2.77. The van der Waals surface area contributed by atoms with Crippen molar-refractivity contribution in [3.8, 4) is 0 Å². The quantitative estimate of drug-likeness (QED) is 0.391. The maximum atomic E-state index is 13.3. The number of rotatable bonds is 10. The van der Waals surface area contributed by atoms with Gasteiger partial charge < -0.3 is 15.7 Å². The molecule has 9 nitrogen and oxygen atoms in total. The number of sulfonamides is 1. The molecule has 0 fully saturated rings. The zero-order valence-electron chi connectivity index (χ0n) is 21.0. The lowest BCUT2D eigenvalue weighted by Gasteiger charge is -2.33. The van der Waals surface area contributed by atoms with Gasteiger partial charge in [-0.05, 0) is 40.7 Å². The number of carbonyl (C=O) groups excluding carboxylic acids is 2. The second-order valence-electron chi connectivity index (χ2n) is 10.1. The third-order valence-electron chi connectivity index (χ3n) is 5.71. The summed E-state index contributed by atoms with van der Waals surface area (Å²) in [6.07, 6.45) is 0.0909. The Hall–Kier alpha value is -2.98. The van der Waals surface area contributed by atoms with Gasteiger partial charge in [0, 0.05) is 7.05 Å². The summed E-state index contributed by atoms with van der Waals surface area (Å²) in [7, 11) is -2.84. The molecular weight excluding hydrogens is 470 g/mol. The van der Waals surface area contributed by atoms with Crippen molar-refractivity contribution in [2.75, 3.05) is 7.05 Å². The molecule has 0 saturated carbocycles. The Morgan fingerprint density at radius 2 is 1.57 bits per heavy atom. The minimum Gasteiger partial charge on any atom is -0.480 e. The Bertz CT molecular complexity index is 1190. The van der Waals surface area contributed by atoms with Crippen LogP contribution >= 0.6 is 0 Å². The highest BCUT2D eigenvalue weighted by Crippen LogP contribution is 2.24. The zero-order chi connectivity index (χ0) is 26.6. The first kappa shape index (κ1) is 28.3. The lowest BCUT2D eigenvalue weighted by Crippen LogP contribution is -2.58. The van der Waals surface area contributed by atoms with Crippen molar-refractivity contribution in [2.24, 2.45) is 17.3 Å². The number of amides is 2. The van der Waals surface area contributed by atoms with E-state index in [0.717, 1.165) is 5.39 Å². The molecule has 0 aliphatic carbocycles. The van der Waals surface area contributed by atoms with E-state index >= 15 is 0 Å². The lowest BCUT2D eigenvalue weighted by molar-refractivity contribution is -0.144. The van der Waals surface area contributed by atoms with Gasteiger partial charge in [0.15, 0.2) is 0 Å². The molecule has 0 spiro atoms. The lowest BCUT2D eigenvalue weighted by atomic mass is 9.84. The Kier molecular flexibility index (Phi) is 9.02. The second-order valence-corrected chi connectivity index (χ2v) is 11.8. The van der Waals surface area contributed by atoms with Crippen LogP contribution in [0.25, 0.3) is 10.8 Å². The summed E-state index contributed by atoms with van der Waals surface area (Å²) in [5.41, 5.74) is -0.665. The standard InChI is InChI=1S/C25H35N3O6S/c1-15(2)13-19(22(29)27-21(23(30)26-6)25(3,4)5)20(24(31)32)28-35(33,34)18-12-11-16-9-7-8-10-17(16)14-18/h7-12,14-15,19-21,28H,13H2,1-6H3,(H,26,30)(H,27,29)(H,31,32)/t19-,20+,21-/m1/s1. The van der Waals surface area contributed by atoms with Crippen LogP contribution in [0.15, 0.2) is 47.4 Å². The van der Waals surface area contributed by atoms with Gasteiger partial charge >= 0.3 is 5.97 Å². The largest absolute Gasteiger partial charge is 0.480 e. The Morgan fingerprint density at radius 3 is 2.09 bits per heavy atom. The number of fused-ring (bicyclic) bond motifs is 1. The minimum absolute atomic E-state index is 0.0909. The van der Waals surface area contributed by atoms with Crippen LogP contribution in [0.2, 0.25) is 0 Å². The fourth-order valence-corrected chi connectivity index (χ4v) is 5.11. The van der Waals surface area contributed by atoms with E-state index in [9.17, 15) is 27.9 Å². The van der Waals surface area contributed by atoms with E-state index in [1.807, 2.05) is 12.1 Å². The molecular formula is C25H35N3O6S. The Balaban J connectivity index is 2.42. The van der Waals surface area contributed by atoms with E-state index < -0.39 is 51.2 Å². The highest BCUT2D eigenvalue weighted by atomic mass is 32.2. The van der Waals surface area contributed by atoms with E-state index in [1.54, 1.807) is 52.8 Å². The molecule has 4 N–H and O–H groups in total. The smallest absolute Gasteiger partial charge is 0.322 e. The van der Waals surface area contributed by atoms with E-state index in [1.165, 1.54) is 19.2 Å². The average molecular weight is 506 g/mol. The van der Waals surface area contributed by atoms with E-state index in [4.69, 9.17) is 0 Å². The van der Waals surface area contributed by atoms with Gasteiger partial charge in [-0.15, -0.1) is 0 Å². The molecule has 2 aromatic carbocycles. The van der Waals surface area contributed by atoms with Crippen LogP contribution in [0.5, 0.6) is 0 Å². The predicted octanol–water partition coefficient (Wildman–Crippen LogP) is 2.51. The fourth-order valence-electron chi connectivity index (χ4n) is 3.85. The monoisotopic (exact) mass is 505 g/mol. The Morgan fingerprint density at radius 1 is 0.971 bits per heavy atom. The third kappa shape index (κ3) is 7.25. The summed E-state index contributed by atoms with van der Waals surface area (Å²) in [6, 6.07) is 8.98. The van der Waals surface area contributed by atoms with Crippen molar-refractivity contribution in [1.29, 1.82) is 0 Å². The van der Waals surface area contributed by atoms with Crippen molar-refractivity contribution >= 4 is 38.6 Å². The molecule has 2 aromatic rings. The van der Waals surface area contributed by atoms with Gasteiger partial charge in [0.05, 0.1) is 10.8 Å². The Labute approximate surface area is 206 Å². The van der Waals surface area contributed by atoms with Crippen LogP contribution in [0, 0.1) is 17.3 Å². The first-order valence-electron chi connectivity index (χ1n) is 11.4. The highest BCUT2D eigenvalue weighted by molar-refractivity contribution is 7.89. The van der Waals surface area contributed by atoms with Gasteiger partial charge in [-0.1, -0.05) is 65.0 Å². The highest BCUT2D eigenvalue weighted by Gasteiger charge is 2.40. The minimum atomic E-state index is -4.28. The van der Waals surface area contributed by atoms with Gasteiger partial charge in [-0.2, -0.15) is 4.72 Å². The van der Waals surface area contributed by atoms with Crippen molar-refractivity contribution in [2.45, 2.75) is 58.0 Å². The van der Waals surface area contributed by atoms with E-state index in [0.29, 0.717) is 5.39 Å². The van der Waals surface area contributed by atoms with Crippen LogP contribution in [0.1, 0.15) is 41.0 Å². The topological polar surface area (TPSA) is 142 Å². The van der Waals surface area contributed by atoms with Crippen LogP contribution in [-0.4, -0.2) is 50.4 Å². The van der Waals surface area contributed by atoms with Gasteiger partial charge in [0.2, 0.25) is 21.8 Å². The van der Waals surface area contributed by atoms with Crippen LogP contribution in [0.4, 0.5) is 0 Å². The second kappa shape index (κ2) is 11.2. The van der Waals surface area contributed by atoms with Gasteiger partial charge in [-0.3, -0.25) is 14.4 Å². The van der Waals surface area contributed by atoms with Crippen LogP contribution in [0.3, 0.4) is 0 Å². The number of aliphatic carboxylic acids is 1. The summed E-state index contributed by atoms with van der Waals surface area (Å²) in [5, 5.41) is 16.6. The van der Waals surface area contributed by atoms with E-state index in [-0.39, 0.29) is 17.2 Å². The molecule has 0 bridgehead atoms. The molecule has 0 aliphatic rings. The molecule has 2 amide bonds. The number of hydrogen-bond donors (Lipinski definition) is 4. The zero-order valence-corrected chi connectivity index (χ0v) is 21.8. The summed E-state index contributed by atoms with van der Waals surface area (Å²) in [6.45, 7) is 8.90. The van der Waals surface area contributed by atoms with Crippen molar-refractivity contribution < 1.29 is 27.9 Å². The maximum Gasteiger partial charge on any atom is 0.322 e. The molecule has 0 aliphatic heterocycles. The molecule has 0 aromatic heterocycles. The molecule has 0 heterocycles. The number of benzene rings is 2. The van der Waals surface area contributed by atoms with Crippen molar-refractivity contribution in [3.05, 3.63) is 42.5 Å². The molecule has 2 rings (SSSR count). The molecule has 3 atom stereocenters. The van der Waals surface area contributed by atoms with Gasteiger partial charge in [-0.25, -0.2) is 8.42 Å². The van der Waals surface area contributed by atoms with Gasteiger partial charge in [0.25, 0.3) is 0 Å². The van der Waals surface area contributed by atoms with Crippen LogP contribution < -0.4 is 15.4 Å². The number of carboxylic acid groups (broad SMARTS) is 1. The molecule has 35 heavy (non-hydrogen) atoms. The van der Waals surface area contributed by atoms with Crippen LogP contribution in [-0.2, 0) is 24.4 Å². The normalized spacial score (nSPS) is 14.8. The number of hydrogen-bond acceptors (Lipinski definition) is 5.